The Morgan fingerprint density at radius 1 is 1.15 bits per heavy atom. The normalized spacial score (nSPS) is 10.6. The first-order chi connectivity index (χ1) is 12.9. The summed E-state index contributed by atoms with van der Waals surface area (Å²) in [5.74, 6) is -0.804. The van der Waals surface area contributed by atoms with Crippen molar-refractivity contribution in [3.8, 4) is 5.75 Å². The number of Topliss-reactive ketones (excluding diaryl/α,β-unsaturated/α-hetero) is 1. The Morgan fingerprint density at radius 3 is 2.52 bits per heavy atom. The van der Waals surface area contributed by atoms with E-state index in [1.54, 1.807) is 24.3 Å². The molecular formula is C20H17NO5S. The van der Waals surface area contributed by atoms with Crippen LogP contribution in [-0.2, 0) is 17.6 Å². The van der Waals surface area contributed by atoms with Gasteiger partial charge in [-0.25, -0.2) is 4.79 Å². The van der Waals surface area contributed by atoms with Gasteiger partial charge >= 0.3 is 5.63 Å². The van der Waals surface area contributed by atoms with Crippen LogP contribution < -0.4 is 10.9 Å². The van der Waals surface area contributed by atoms with Gasteiger partial charge in [0.1, 0.15) is 17.1 Å². The number of ketones is 1. The van der Waals surface area contributed by atoms with Crippen molar-refractivity contribution >= 4 is 28.7 Å². The van der Waals surface area contributed by atoms with Crippen molar-refractivity contribution in [2.45, 2.75) is 19.8 Å². The molecule has 0 aliphatic carbocycles. The van der Waals surface area contributed by atoms with E-state index in [1.165, 1.54) is 24.3 Å². The number of thiophene rings is 1. The minimum atomic E-state index is -0.852. The minimum Gasteiger partial charge on any atom is -0.507 e. The molecule has 0 aliphatic rings. The molecule has 0 fully saturated rings. The van der Waals surface area contributed by atoms with Gasteiger partial charge in [-0.1, -0.05) is 18.2 Å². The van der Waals surface area contributed by atoms with Crippen molar-refractivity contribution in [2.24, 2.45) is 0 Å². The number of aryl methyl sites for hydroxylation is 1. The van der Waals surface area contributed by atoms with Crippen LogP contribution in [0.25, 0.3) is 0 Å². The maximum atomic E-state index is 12.3. The second kappa shape index (κ2) is 8.01. The molecule has 27 heavy (non-hydrogen) atoms. The molecule has 2 N–H and O–H groups in total. The molecule has 7 heteroatoms. The zero-order valence-corrected chi connectivity index (χ0v) is 15.3. The summed E-state index contributed by atoms with van der Waals surface area (Å²) in [6.07, 6.45) is 0.241. The van der Waals surface area contributed by atoms with Gasteiger partial charge in [-0.2, -0.15) is 0 Å². The summed E-state index contributed by atoms with van der Waals surface area (Å²) in [5.41, 5.74) is 0.0602. The van der Waals surface area contributed by atoms with Gasteiger partial charge in [0.2, 0.25) is 5.91 Å². The zero-order valence-electron chi connectivity index (χ0n) is 14.5. The second-order valence-corrected chi connectivity index (χ2v) is 7.04. The lowest BCUT2D eigenvalue weighted by molar-refractivity contribution is -0.115. The summed E-state index contributed by atoms with van der Waals surface area (Å²) >= 11 is 1.52. The van der Waals surface area contributed by atoms with Gasteiger partial charge in [0.15, 0.2) is 5.78 Å². The van der Waals surface area contributed by atoms with Gasteiger partial charge in [-0.3, -0.25) is 9.59 Å². The molecule has 138 valence electrons. The zero-order chi connectivity index (χ0) is 19.4. The number of benzene rings is 1. The molecule has 0 radical (unpaired) electrons. The average molecular weight is 383 g/mol. The van der Waals surface area contributed by atoms with Crippen LogP contribution in [0.5, 0.6) is 5.75 Å². The topological polar surface area (TPSA) is 96.6 Å². The van der Waals surface area contributed by atoms with E-state index in [0.29, 0.717) is 17.7 Å². The van der Waals surface area contributed by atoms with Gasteiger partial charge in [-0.15, -0.1) is 11.3 Å². The summed E-state index contributed by atoms with van der Waals surface area (Å²) in [6.45, 7) is 1.51. The molecule has 0 saturated heterocycles. The van der Waals surface area contributed by atoms with Gasteiger partial charge in [-0.05, 0) is 36.1 Å². The number of hydrogen-bond donors (Lipinski definition) is 2. The first-order valence-electron chi connectivity index (χ1n) is 8.20. The molecular weight excluding hydrogens is 366 g/mol. The molecule has 0 bridgehead atoms. The van der Waals surface area contributed by atoms with E-state index in [-0.39, 0.29) is 29.4 Å². The van der Waals surface area contributed by atoms with E-state index in [2.05, 4.69) is 5.32 Å². The highest BCUT2D eigenvalue weighted by Crippen LogP contribution is 2.18. The smallest absolute Gasteiger partial charge is 0.350 e. The molecule has 0 unspecified atom stereocenters. The maximum Gasteiger partial charge on any atom is 0.350 e. The van der Waals surface area contributed by atoms with E-state index in [4.69, 9.17) is 4.42 Å². The quantitative estimate of drug-likeness (QED) is 0.637. The number of amides is 1. The van der Waals surface area contributed by atoms with Gasteiger partial charge in [0.25, 0.3) is 0 Å². The van der Waals surface area contributed by atoms with Crippen molar-refractivity contribution < 1.29 is 19.1 Å². The van der Waals surface area contributed by atoms with Crippen LogP contribution in [0, 0.1) is 6.92 Å². The second-order valence-electron chi connectivity index (χ2n) is 6.01. The lowest BCUT2D eigenvalue weighted by atomic mass is 10.0. The molecule has 0 aliphatic heterocycles. The predicted molar refractivity (Wildman–Crippen MR) is 103 cm³/mol. The molecule has 1 amide bonds. The van der Waals surface area contributed by atoms with Crippen LogP contribution in [0.3, 0.4) is 0 Å². The number of rotatable bonds is 6. The third kappa shape index (κ3) is 4.71. The molecule has 0 spiro atoms. The molecule has 2 heterocycles. The van der Waals surface area contributed by atoms with E-state index < -0.39 is 11.4 Å². The van der Waals surface area contributed by atoms with Crippen LogP contribution in [0.4, 0.5) is 5.69 Å². The number of carbonyl (C=O) groups excluding carboxylic acids is 2. The number of anilines is 1. The van der Waals surface area contributed by atoms with Crippen molar-refractivity contribution in [1.29, 1.82) is 0 Å². The Bertz CT molecular complexity index is 1020. The Balaban J connectivity index is 1.65. The minimum absolute atomic E-state index is 0.0647. The monoisotopic (exact) mass is 383 g/mol. The molecule has 0 atom stereocenters. The average Bonchev–Trinajstić information content (AvgIpc) is 3.08. The summed E-state index contributed by atoms with van der Waals surface area (Å²) in [7, 11) is 0. The van der Waals surface area contributed by atoms with Gasteiger partial charge in [0, 0.05) is 23.1 Å². The van der Waals surface area contributed by atoms with Crippen molar-refractivity contribution in [2.75, 3.05) is 5.32 Å². The number of aromatic hydroxyl groups is 1. The molecule has 0 saturated carbocycles. The lowest BCUT2D eigenvalue weighted by Gasteiger charge is -2.07. The predicted octanol–water partition coefficient (Wildman–Crippen LogP) is 3.32. The Labute approximate surface area is 159 Å². The lowest BCUT2D eigenvalue weighted by Crippen LogP contribution is -2.16. The highest BCUT2D eigenvalue weighted by atomic mass is 32.1. The molecule has 1 aromatic carbocycles. The number of hydrogen-bond acceptors (Lipinski definition) is 6. The summed E-state index contributed by atoms with van der Waals surface area (Å²) in [4.78, 5) is 37.1. The molecule has 2 aromatic heterocycles. The Morgan fingerprint density at radius 2 is 1.89 bits per heavy atom. The summed E-state index contributed by atoms with van der Waals surface area (Å²) < 4.78 is 4.87. The highest BCUT2D eigenvalue weighted by Gasteiger charge is 2.18. The fourth-order valence-corrected chi connectivity index (χ4v) is 3.31. The maximum absolute atomic E-state index is 12.3. The fourth-order valence-electron chi connectivity index (χ4n) is 2.61. The summed E-state index contributed by atoms with van der Waals surface area (Å²) in [5, 5.41) is 14.6. The van der Waals surface area contributed by atoms with Crippen molar-refractivity contribution in [1.82, 2.24) is 0 Å². The molecule has 6 nitrogen and oxygen atoms in total. The molecule has 3 rings (SSSR count). The Kier molecular flexibility index (Phi) is 5.52. The van der Waals surface area contributed by atoms with Crippen LogP contribution >= 0.6 is 11.3 Å². The van der Waals surface area contributed by atoms with E-state index in [9.17, 15) is 19.5 Å². The van der Waals surface area contributed by atoms with Crippen LogP contribution in [0.1, 0.15) is 26.6 Å². The SMILES string of the molecule is Cc1cc(O)c(C(=O)Cc2ccc(NC(=O)Cc3cccs3)cc2)c(=O)o1. The third-order valence-electron chi connectivity index (χ3n) is 3.85. The van der Waals surface area contributed by atoms with Gasteiger partial charge < -0.3 is 14.8 Å². The Hall–Kier alpha value is -3.19. The van der Waals surface area contributed by atoms with E-state index >= 15 is 0 Å². The van der Waals surface area contributed by atoms with Crippen LogP contribution in [0.15, 0.2) is 57.1 Å². The summed E-state index contributed by atoms with van der Waals surface area (Å²) in [6, 6.07) is 11.8. The largest absolute Gasteiger partial charge is 0.507 e. The number of carbonyl (C=O) groups is 2. The van der Waals surface area contributed by atoms with Gasteiger partial charge in [0.05, 0.1) is 6.42 Å². The first kappa shape index (κ1) is 18.6. The van der Waals surface area contributed by atoms with E-state index in [1.807, 2.05) is 17.5 Å². The molecule has 3 aromatic rings. The van der Waals surface area contributed by atoms with Crippen molar-refractivity contribution in [3.63, 3.8) is 0 Å². The fraction of sp³-hybridized carbons (Fsp3) is 0.150. The third-order valence-corrected chi connectivity index (χ3v) is 4.73. The standard InChI is InChI=1S/C20H17NO5S/c1-12-9-16(22)19(20(25)26-12)17(23)10-13-4-6-14(7-5-13)21-18(24)11-15-3-2-8-27-15/h2-9,22H,10-11H2,1H3,(H,21,24). The van der Waals surface area contributed by atoms with Crippen LogP contribution in [0.2, 0.25) is 0 Å². The van der Waals surface area contributed by atoms with Crippen molar-refractivity contribution in [3.05, 3.63) is 80.0 Å². The first-order valence-corrected chi connectivity index (χ1v) is 9.08. The van der Waals surface area contributed by atoms with E-state index in [0.717, 1.165) is 4.88 Å². The highest BCUT2D eigenvalue weighted by molar-refractivity contribution is 7.10. The van der Waals surface area contributed by atoms with Crippen LogP contribution in [-0.4, -0.2) is 16.8 Å². The number of nitrogens with one attached hydrogen (secondary N) is 1.